The highest BCUT2D eigenvalue weighted by Crippen LogP contribution is 2.33. The SMILES string of the molecule is NC[C@@H](O)c1ccc(O)c(O)c1C(=O)O. The molecule has 1 atom stereocenters. The van der Waals surface area contributed by atoms with Gasteiger partial charge in [-0.1, -0.05) is 6.07 Å². The lowest BCUT2D eigenvalue weighted by atomic mass is 10.0. The van der Waals surface area contributed by atoms with Gasteiger partial charge in [-0.05, 0) is 6.07 Å². The van der Waals surface area contributed by atoms with Gasteiger partial charge >= 0.3 is 5.97 Å². The highest BCUT2D eigenvalue weighted by molar-refractivity contribution is 5.93. The molecule has 6 nitrogen and oxygen atoms in total. The van der Waals surface area contributed by atoms with E-state index in [1.807, 2.05) is 0 Å². The van der Waals surface area contributed by atoms with E-state index in [0.29, 0.717) is 0 Å². The predicted octanol–water partition coefficient (Wildman–Crippen LogP) is -0.212. The molecule has 0 radical (unpaired) electrons. The molecule has 0 heterocycles. The maximum atomic E-state index is 10.8. The smallest absolute Gasteiger partial charge is 0.340 e. The van der Waals surface area contributed by atoms with E-state index in [1.165, 1.54) is 6.07 Å². The molecule has 0 saturated carbocycles. The summed E-state index contributed by atoms with van der Waals surface area (Å²) in [6, 6.07) is 2.30. The van der Waals surface area contributed by atoms with E-state index in [-0.39, 0.29) is 12.1 Å². The quantitative estimate of drug-likeness (QED) is 0.442. The molecule has 0 saturated heterocycles. The normalized spacial score (nSPS) is 12.4. The van der Waals surface area contributed by atoms with Crippen LogP contribution in [0, 0.1) is 0 Å². The zero-order valence-electron chi connectivity index (χ0n) is 7.71. The maximum Gasteiger partial charge on any atom is 0.340 e. The Kier molecular flexibility index (Phi) is 3.13. The van der Waals surface area contributed by atoms with Crippen molar-refractivity contribution < 1.29 is 25.2 Å². The highest BCUT2D eigenvalue weighted by Gasteiger charge is 2.22. The summed E-state index contributed by atoms with van der Waals surface area (Å²) in [6.07, 6.45) is -1.19. The van der Waals surface area contributed by atoms with Gasteiger partial charge in [-0.3, -0.25) is 0 Å². The van der Waals surface area contributed by atoms with Crippen LogP contribution in [0.2, 0.25) is 0 Å². The second-order valence-corrected chi connectivity index (χ2v) is 2.95. The van der Waals surface area contributed by atoms with Crippen LogP contribution in [0.4, 0.5) is 0 Å². The maximum absolute atomic E-state index is 10.8. The summed E-state index contributed by atoms with van der Waals surface area (Å²) in [5, 5.41) is 36.6. The van der Waals surface area contributed by atoms with Gasteiger partial charge < -0.3 is 26.2 Å². The van der Waals surface area contributed by atoms with Crippen molar-refractivity contribution >= 4 is 5.97 Å². The molecule has 0 aliphatic rings. The molecule has 0 bridgehead atoms. The molecule has 1 rings (SSSR count). The van der Waals surface area contributed by atoms with Crippen molar-refractivity contribution in [3.05, 3.63) is 23.3 Å². The number of hydrogen-bond acceptors (Lipinski definition) is 5. The Morgan fingerprint density at radius 1 is 1.40 bits per heavy atom. The van der Waals surface area contributed by atoms with E-state index >= 15 is 0 Å². The van der Waals surface area contributed by atoms with Crippen LogP contribution in [0.1, 0.15) is 22.0 Å². The fourth-order valence-electron chi connectivity index (χ4n) is 1.23. The van der Waals surface area contributed by atoms with Gasteiger partial charge in [0.05, 0.1) is 6.10 Å². The molecule has 0 fully saturated rings. The number of carbonyl (C=O) groups is 1. The number of rotatable bonds is 3. The third-order valence-corrected chi connectivity index (χ3v) is 1.98. The van der Waals surface area contributed by atoms with E-state index in [1.54, 1.807) is 0 Å². The van der Waals surface area contributed by atoms with E-state index in [2.05, 4.69) is 0 Å². The second-order valence-electron chi connectivity index (χ2n) is 2.95. The average molecular weight is 213 g/mol. The minimum atomic E-state index is -1.44. The molecule has 0 aliphatic carbocycles. The van der Waals surface area contributed by atoms with E-state index in [9.17, 15) is 15.0 Å². The first kappa shape index (κ1) is 11.3. The summed E-state index contributed by atoms with van der Waals surface area (Å²) in [7, 11) is 0. The summed E-state index contributed by atoms with van der Waals surface area (Å²) < 4.78 is 0. The molecule has 0 spiro atoms. The third kappa shape index (κ3) is 2.00. The number of carboxylic acid groups (broad SMARTS) is 1. The molecule has 0 aliphatic heterocycles. The first-order chi connectivity index (χ1) is 6.99. The molecular formula is C9H11NO5. The topological polar surface area (TPSA) is 124 Å². The zero-order chi connectivity index (χ0) is 11.6. The summed E-state index contributed by atoms with van der Waals surface area (Å²) in [4.78, 5) is 10.8. The standard InChI is InChI=1S/C9H11NO5/c10-3-6(12)4-1-2-5(11)8(13)7(4)9(14)15/h1-2,6,11-13H,3,10H2,(H,14,15)/t6-/m1/s1. The Labute approximate surface area is 85.2 Å². The number of phenols is 2. The first-order valence-corrected chi connectivity index (χ1v) is 4.15. The van der Waals surface area contributed by atoms with Gasteiger partial charge in [-0.25, -0.2) is 4.79 Å². The van der Waals surface area contributed by atoms with Gasteiger partial charge in [0.2, 0.25) is 0 Å². The molecule has 6 heteroatoms. The number of aliphatic hydroxyl groups excluding tert-OH is 1. The van der Waals surface area contributed by atoms with E-state index < -0.39 is 29.1 Å². The Morgan fingerprint density at radius 3 is 2.47 bits per heavy atom. The first-order valence-electron chi connectivity index (χ1n) is 4.15. The molecule has 0 aromatic heterocycles. The van der Waals surface area contributed by atoms with Crippen molar-refractivity contribution in [2.45, 2.75) is 6.10 Å². The van der Waals surface area contributed by atoms with Gasteiger partial charge in [0.15, 0.2) is 11.5 Å². The largest absolute Gasteiger partial charge is 0.504 e. The van der Waals surface area contributed by atoms with Crippen LogP contribution in [0.25, 0.3) is 0 Å². The molecular weight excluding hydrogens is 202 g/mol. The molecule has 82 valence electrons. The van der Waals surface area contributed by atoms with Gasteiger partial charge in [-0.15, -0.1) is 0 Å². The fourth-order valence-corrected chi connectivity index (χ4v) is 1.23. The number of benzene rings is 1. The number of carboxylic acids is 1. The second kappa shape index (κ2) is 4.16. The Bertz CT molecular complexity index is 390. The van der Waals surface area contributed by atoms with Crippen LogP contribution in [-0.2, 0) is 0 Å². The monoisotopic (exact) mass is 213 g/mol. The molecule has 6 N–H and O–H groups in total. The van der Waals surface area contributed by atoms with Crippen molar-refractivity contribution in [3.63, 3.8) is 0 Å². The fraction of sp³-hybridized carbons (Fsp3) is 0.222. The number of nitrogens with two attached hydrogens (primary N) is 1. The van der Waals surface area contributed by atoms with Crippen molar-refractivity contribution in [2.75, 3.05) is 6.54 Å². The number of phenolic OH excluding ortho intramolecular Hbond substituents is 1. The minimum absolute atomic E-state index is 0.0275. The molecule has 1 aromatic carbocycles. The predicted molar refractivity (Wildman–Crippen MR) is 50.7 cm³/mol. The van der Waals surface area contributed by atoms with Crippen molar-refractivity contribution in [1.82, 2.24) is 0 Å². The Balaban J connectivity index is 3.40. The van der Waals surface area contributed by atoms with E-state index in [4.69, 9.17) is 15.9 Å². The van der Waals surface area contributed by atoms with Crippen LogP contribution in [0.5, 0.6) is 11.5 Å². The van der Waals surface area contributed by atoms with E-state index in [0.717, 1.165) is 6.07 Å². The lowest BCUT2D eigenvalue weighted by molar-refractivity contribution is 0.0685. The molecule has 1 aromatic rings. The lowest BCUT2D eigenvalue weighted by Gasteiger charge is -2.13. The van der Waals surface area contributed by atoms with Crippen LogP contribution in [0.3, 0.4) is 0 Å². The van der Waals surface area contributed by atoms with Crippen LogP contribution >= 0.6 is 0 Å². The summed E-state index contributed by atoms with van der Waals surface area (Å²) in [6.45, 7) is -0.176. The number of aliphatic hydroxyl groups is 1. The highest BCUT2D eigenvalue weighted by atomic mass is 16.4. The van der Waals surface area contributed by atoms with Crippen molar-refractivity contribution in [3.8, 4) is 11.5 Å². The lowest BCUT2D eigenvalue weighted by Crippen LogP contribution is -2.15. The average Bonchev–Trinajstić information content (AvgIpc) is 2.20. The van der Waals surface area contributed by atoms with Gasteiger partial charge in [0, 0.05) is 12.1 Å². The Morgan fingerprint density at radius 2 is 2.00 bits per heavy atom. The molecule has 15 heavy (non-hydrogen) atoms. The minimum Gasteiger partial charge on any atom is -0.504 e. The number of aromatic carboxylic acids is 1. The van der Waals surface area contributed by atoms with Crippen molar-refractivity contribution in [1.29, 1.82) is 0 Å². The van der Waals surface area contributed by atoms with Crippen LogP contribution in [-0.4, -0.2) is 32.9 Å². The molecule has 0 unspecified atom stereocenters. The summed E-state index contributed by atoms with van der Waals surface area (Å²) in [5.74, 6) is -2.77. The van der Waals surface area contributed by atoms with Crippen molar-refractivity contribution in [2.24, 2.45) is 5.73 Å². The van der Waals surface area contributed by atoms with Gasteiger partial charge in [-0.2, -0.15) is 0 Å². The van der Waals surface area contributed by atoms with Crippen LogP contribution in [0.15, 0.2) is 12.1 Å². The summed E-state index contributed by atoms with van der Waals surface area (Å²) in [5.41, 5.74) is 4.61. The zero-order valence-corrected chi connectivity index (χ0v) is 7.71. The molecule has 0 amide bonds. The summed E-state index contributed by atoms with van der Waals surface area (Å²) >= 11 is 0. The van der Waals surface area contributed by atoms with Crippen LogP contribution < -0.4 is 5.73 Å². The van der Waals surface area contributed by atoms with Gasteiger partial charge in [0.1, 0.15) is 5.56 Å². The van der Waals surface area contributed by atoms with Gasteiger partial charge in [0.25, 0.3) is 0 Å². The Hall–Kier alpha value is -1.79. The number of aromatic hydroxyl groups is 2. The third-order valence-electron chi connectivity index (χ3n) is 1.98. The number of hydrogen-bond donors (Lipinski definition) is 5.